The number of ether oxygens (including phenoxy) is 1. The Morgan fingerprint density at radius 2 is 1.88 bits per heavy atom. The van der Waals surface area contributed by atoms with Gasteiger partial charge in [0, 0.05) is 18.0 Å². The molecule has 180 valence electrons. The molecule has 4 N–H and O–H groups in total. The number of halogens is 2. The number of aromatic amines is 1. The number of nitrogens with one attached hydrogen (secondary N) is 3. The van der Waals surface area contributed by atoms with Crippen molar-refractivity contribution >= 4 is 17.1 Å². The largest absolute Gasteiger partial charge is 0.497 e. The van der Waals surface area contributed by atoms with Crippen molar-refractivity contribution in [3.8, 4) is 5.75 Å². The molecule has 3 aliphatic carbocycles. The Balaban J connectivity index is 1.39. The Morgan fingerprint density at radius 1 is 1.15 bits per heavy atom. The molecule has 0 saturated heterocycles. The van der Waals surface area contributed by atoms with Crippen LogP contribution in [0.25, 0.3) is 11.0 Å². The molecule has 0 radical (unpaired) electrons. The van der Waals surface area contributed by atoms with Crippen molar-refractivity contribution in [3.63, 3.8) is 0 Å². The molecule has 2 amide bonds. The van der Waals surface area contributed by atoms with E-state index in [0.29, 0.717) is 47.4 Å². The van der Waals surface area contributed by atoms with Gasteiger partial charge >= 0.3 is 6.03 Å². The summed E-state index contributed by atoms with van der Waals surface area (Å²) in [6, 6.07) is 7.72. The lowest BCUT2D eigenvalue weighted by molar-refractivity contribution is -0.0694. The van der Waals surface area contributed by atoms with Crippen LogP contribution in [-0.4, -0.2) is 39.4 Å². The van der Waals surface area contributed by atoms with Crippen molar-refractivity contribution in [2.45, 2.75) is 62.1 Å². The second kappa shape index (κ2) is 8.54. The molecule has 34 heavy (non-hydrogen) atoms. The van der Waals surface area contributed by atoms with Crippen molar-refractivity contribution in [1.82, 2.24) is 20.6 Å². The Hall–Kier alpha value is -3.20. The minimum atomic E-state index is -0.682. The molecule has 9 heteroatoms. The fourth-order valence-electron chi connectivity index (χ4n) is 5.21. The van der Waals surface area contributed by atoms with Crippen LogP contribution in [-0.2, 0) is 6.42 Å². The first-order valence-corrected chi connectivity index (χ1v) is 11.6. The van der Waals surface area contributed by atoms with E-state index in [1.165, 1.54) is 25.3 Å². The number of urea groups is 1. The maximum atomic E-state index is 14.7. The number of carbonyl (C=O) groups excluding carboxylic acids is 1. The smallest absolute Gasteiger partial charge is 0.315 e. The Kier molecular flexibility index (Phi) is 5.67. The minimum absolute atomic E-state index is 0.137. The standard InChI is InChI=1S/C25H28F2N4O3/c1-34-17-4-2-15(18(27)14-17)12-21(22-28-19-5-3-16(26)13-20(19)29-22)30-23(32)31-24-6-9-25(33,10-7-24)11-8-24/h2-5,13-14,21,33H,6-12H2,1H3,(H,28,29)(H2,30,31,32)/t21-,24?,25?/m1/s1. The van der Waals surface area contributed by atoms with Crippen LogP contribution >= 0.6 is 0 Å². The van der Waals surface area contributed by atoms with Gasteiger partial charge in [-0.15, -0.1) is 0 Å². The molecule has 0 unspecified atom stereocenters. The molecule has 1 atom stereocenters. The second-order valence-corrected chi connectivity index (χ2v) is 9.60. The van der Waals surface area contributed by atoms with E-state index in [9.17, 15) is 18.7 Å². The third kappa shape index (κ3) is 4.44. The molecule has 3 fully saturated rings. The zero-order valence-corrected chi connectivity index (χ0v) is 19.0. The third-order valence-electron chi connectivity index (χ3n) is 7.37. The van der Waals surface area contributed by atoms with Crippen LogP contribution in [0, 0.1) is 11.6 Å². The van der Waals surface area contributed by atoms with E-state index in [-0.39, 0.29) is 18.0 Å². The quantitative estimate of drug-likeness (QED) is 0.432. The van der Waals surface area contributed by atoms with E-state index in [0.717, 1.165) is 19.3 Å². The number of methoxy groups -OCH3 is 1. The molecule has 0 spiro atoms. The number of hydrogen-bond donors (Lipinski definition) is 4. The average Bonchev–Trinajstić information content (AvgIpc) is 3.24. The highest BCUT2D eigenvalue weighted by Crippen LogP contribution is 2.46. The normalized spacial score (nSPS) is 24.7. The topological polar surface area (TPSA) is 99.3 Å². The summed E-state index contributed by atoms with van der Waals surface area (Å²) < 4.78 is 33.5. The number of H-pyrrole nitrogens is 1. The molecule has 2 aromatic carbocycles. The number of carbonyl (C=O) groups is 1. The van der Waals surface area contributed by atoms with Crippen LogP contribution in [0.2, 0.25) is 0 Å². The van der Waals surface area contributed by atoms with Gasteiger partial charge in [-0.25, -0.2) is 18.6 Å². The summed E-state index contributed by atoms with van der Waals surface area (Å²) in [6.45, 7) is 0. The van der Waals surface area contributed by atoms with E-state index < -0.39 is 23.3 Å². The summed E-state index contributed by atoms with van der Waals surface area (Å²) in [6.07, 6.45) is 4.31. The minimum Gasteiger partial charge on any atom is -0.497 e. The average molecular weight is 471 g/mol. The van der Waals surface area contributed by atoms with Crippen LogP contribution < -0.4 is 15.4 Å². The van der Waals surface area contributed by atoms with Gasteiger partial charge in [0.25, 0.3) is 0 Å². The first kappa shape index (κ1) is 22.6. The van der Waals surface area contributed by atoms with Gasteiger partial charge < -0.3 is 25.5 Å². The van der Waals surface area contributed by atoms with E-state index in [1.807, 2.05) is 0 Å². The predicted octanol–water partition coefficient (Wildman–Crippen LogP) is 4.27. The number of nitrogens with zero attached hydrogens (tertiary/aromatic N) is 1. The summed E-state index contributed by atoms with van der Waals surface area (Å²) in [5.74, 6) is -0.0486. The summed E-state index contributed by atoms with van der Waals surface area (Å²) in [5.41, 5.74) is 0.488. The first-order valence-electron chi connectivity index (χ1n) is 11.6. The molecular formula is C25H28F2N4O3. The predicted molar refractivity (Wildman–Crippen MR) is 122 cm³/mol. The van der Waals surface area contributed by atoms with Gasteiger partial charge in [0.2, 0.25) is 0 Å². The number of imidazole rings is 1. The van der Waals surface area contributed by atoms with Crippen molar-refractivity contribution < 1.29 is 23.4 Å². The molecule has 6 rings (SSSR count). The lowest BCUT2D eigenvalue weighted by Crippen LogP contribution is -2.60. The fourth-order valence-corrected chi connectivity index (χ4v) is 5.21. The molecule has 1 heterocycles. The summed E-state index contributed by atoms with van der Waals surface area (Å²) >= 11 is 0. The number of benzene rings is 2. The molecule has 0 aliphatic heterocycles. The van der Waals surface area contributed by atoms with Crippen LogP contribution in [0.1, 0.15) is 56.0 Å². The van der Waals surface area contributed by atoms with Crippen molar-refractivity contribution in [2.24, 2.45) is 0 Å². The number of aliphatic hydroxyl groups is 1. The highest BCUT2D eigenvalue weighted by atomic mass is 19.1. The molecular weight excluding hydrogens is 442 g/mol. The molecule has 3 aromatic rings. The van der Waals surface area contributed by atoms with Gasteiger partial charge in [0.05, 0.1) is 29.8 Å². The zero-order chi connectivity index (χ0) is 23.9. The maximum Gasteiger partial charge on any atom is 0.315 e. The van der Waals surface area contributed by atoms with Crippen molar-refractivity contribution in [3.05, 3.63) is 59.4 Å². The van der Waals surface area contributed by atoms with E-state index in [4.69, 9.17) is 4.74 Å². The Morgan fingerprint density at radius 3 is 2.56 bits per heavy atom. The fraction of sp³-hybridized carbons (Fsp3) is 0.440. The van der Waals surface area contributed by atoms with Crippen molar-refractivity contribution in [1.29, 1.82) is 0 Å². The van der Waals surface area contributed by atoms with E-state index in [1.54, 1.807) is 18.2 Å². The lowest BCUT2D eigenvalue weighted by atomic mass is 9.63. The lowest BCUT2D eigenvalue weighted by Gasteiger charge is -2.51. The van der Waals surface area contributed by atoms with Crippen molar-refractivity contribution in [2.75, 3.05) is 7.11 Å². The number of aromatic nitrogens is 2. The van der Waals surface area contributed by atoms with Gasteiger partial charge in [-0.1, -0.05) is 6.07 Å². The molecule has 7 nitrogen and oxygen atoms in total. The number of amides is 2. The monoisotopic (exact) mass is 470 g/mol. The van der Waals surface area contributed by atoms with Gasteiger partial charge in [-0.3, -0.25) is 0 Å². The van der Waals surface area contributed by atoms with Gasteiger partial charge in [-0.2, -0.15) is 0 Å². The zero-order valence-electron chi connectivity index (χ0n) is 19.0. The van der Waals surface area contributed by atoms with Crippen LogP contribution in [0.15, 0.2) is 36.4 Å². The highest BCUT2D eigenvalue weighted by Gasteiger charge is 2.48. The highest BCUT2D eigenvalue weighted by molar-refractivity contribution is 5.77. The molecule has 3 aliphatic rings. The number of fused-ring (bicyclic) bond motifs is 4. The van der Waals surface area contributed by atoms with E-state index in [2.05, 4.69) is 20.6 Å². The molecule has 3 saturated carbocycles. The van der Waals surface area contributed by atoms with Crippen LogP contribution in [0.4, 0.5) is 13.6 Å². The maximum absolute atomic E-state index is 14.7. The molecule has 1 aromatic heterocycles. The van der Waals surface area contributed by atoms with Crippen LogP contribution in [0.5, 0.6) is 5.75 Å². The second-order valence-electron chi connectivity index (χ2n) is 9.60. The Bertz CT molecular complexity index is 1200. The summed E-state index contributed by atoms with van der Waals surface area (Å²) in [7, 11) is 1.47. The summed E-state index contributed by atoms with van der Waals surface area (Å²) in [4.78, 5) is 20.7. The van der Waals surface area contributed by atoms with Gasteiger partial charge in [-0.05, 0) is 68.4 Å². The summed E-state index contributed by atoms with van der Waals surface area (Å²) in [5, 5.41) is 16.5. The number of hydrogen-bond acceptors (Lipinski definition) is 4. The third-order valence-corrected chi connectivity index (χ3v) is 7.37. The van der Waals surface area contributed by atoms with Gasteiger partial charge in [0.15, 0.2) is 0 Å². The van der Waals surface area contributed by atoms with E-state index >= 15 is 0 Å². The first-order chi connectivity index (χ1) is 16.3. The Labute approximate surface area is 195 Å². The molecule has 2 bridgehead atoms. The van der Waals surface area contributed by atoms with Crippen LogP contribution in [0.3, 0.4) is 0 Å². The number of rotatable bonds is 6. The van der Waals surface area contributed by atoms with Gasteiger partial charge in [0.1, 0.15) is 23.2 Å². The SMILES string of the molecule is COc1ccc(C[C@@H](NC(=O)NC23CCC(O)(CC2)CC3)c2nc3ccc(F)cc3[nH]2)c(F)c1.